The van der Waals surface area contributed by atoms with Crippen LogP contribution in [0.1, 0.15) is 377 Å². The van der Waals surface area contributed by atoms with Gasteiger partial charge < -0.3 is 59.7 Å². The average molecular weight is 1600 g/mol. The molecular weight excluding hydrogens is 1440 g/mol. The fourth-order valence-corrected chi connectivity index (χ4v) is 21.6. The molecule has 0 bridgehead atoms. The van der Waals surface area contributed by atoms with Crippen molar-refractivity contribution in [2.24, 2.45) is 16.2 Å². The Morgan fingerprint density at radius 3 is 0.805 bits per heavy atom. The third-order valence-electron chi connectivity index (χ3n) is 27.0. The normalized spacial score (nSPS) is 25.1. The quantitative estimate of drug-likeness (QED) is 0.0212. The van der Waals surface area contributed by atoms with E-state index in [1.807, 2.05) is 180 Å². The lowest BCUT2D eigenvalue weighted by Crippen LogP contribution is -2.61. The number of unbranched alkanes of at least 4 members (excludes halogenated alkanes) is 3. The Hall–Kier alpha value is -3.95. The Labute approximate surface area is 681 Å². The summed E-state index contributed by atoms with van der Waals surface area (Å²) in [5.41, 5.74) is -10.5. The number of hydrogen-bond acceptors (Lipinski definition) is 23. The van der Waals surface area contributed by atoms with Crippen LogP contribution in [-0.2, 0) is 71.7 Å². The highest BCUT2D eigenvalue weighted by Crippen LogP contribution is 2.49. The van der Waals surface area contributed by atoms with E-state index in [0.717, 1.165) is 29.5 Å². The Bertz CT molecular complexity index is 3170. The lowest BCUT2D eigenvalue weighted by molar-refractivity contribution is -0.265. The third-order valence-corrected chi connectivity index (χ3v) is 27.0. The zero-order chi connectivity index (χ0) is 85.3. The van der Waals surface area contributed by atoms with E-state index in [4.69, 9.17) is 28.4 Å². The van der Waals surface area contributed by atoms with Crippen molar-refractivity contribution in [1.29, 1.82) is 0 Å². The Kier molecular flexibility index (Phi) is 30.4. The number of ether oxygens (including phenoxy) is 6. The molecule has 6 aliphatic heterocycles. The molecule has 0 radical (unpaired) electrons. The summed E-state index contributed by atoms with van der Waals surface area (Å²) in [4.78, 5) is 78.7. The fraction of sp³-hybridized carbons (Fsp3) is 0.878. The summed E-state index contributed by atoms with van der Waals surface area (Å²) in [6, 6.07) is 6.43. The number of carbonyl (C=O) groups is 5. The van der Waals surface area contributed by atoms with Crippen molar-refractivity contribution in [3.8, 4) is 0 Å². The van der Waals surface area contributed by atoms with Crippen LogP contribution in [0.25, 0.3) is 0 Å². The van der Waals surface area contributed by atoms with Gasteiger partial charge in [-0.1, -0.05) is 77.5 Å². The number of carbonyl (C=O) groups excluding carboxylic acids is 5. The van der Waals surface area contributed by atoms with Crippen LogP contribution in [0.15, 0.2) is 18.2 Å². The lowest BCUT2D eigenvalue weighted by Gasteiger charge is -2.52. The summed E-state index contributed by atoms with van der Waals surface area (Å²) in [6.07, 6.45) is 9.03. The number of rotatable bonds is 34. The van der Waals surface area contributed by atoms with Crippen LogP contribution >= 0.6 is 0 Å². The molecule has 23 nitrogen and oxygen atoms in total. The van der Waals surface area contributed by atoms with Crippen molar-refractivity contribution in [3.63, 3.8) is 0 Å². The second kappa shape index (κ2) is 35.8. The van der Waals surface area contributed by atoms with E-state index in [2.05, 4.69) is 25.1 Å². The van der Waals surface area contributed by atoms with Gasteiger partial charge in [-0.05, 0) is 273 Å². The van der Waals surface area contributed by atoms with Crippen LogP contribution in [0.2, 0.25) is 0 Å². The number of hydrogen-bond donors (Lipinski definition) is 6. The number of nitrogens with zero attached hydrogens (tertiary/aromatic N) is 6. The van der Waals surface area contributed by atoms with Gasteiger partial charge in [0.2, 0.25) is 0 Å². The molecule has 0 saturated carbocycles. The van der Waals surface area contributed by atoms with Gasteiger partial charge in [0.1, 0.15) is 30.5 Å². The molecule has 1 unspecified atom stereocenters. The van der Waals surface area contributed by atoms with E-state index in [1.165, 1.54) is 30.4 Å². The molecule has 1 atom stereocenters. The smallest absolute Gasteiger partial charge is 0.323 e. The molecule has 0 aromatic heterocycles. The third kappa shape index (κ3) is 22.4. The molecule has 6 fully saturated rings. The average Bonchev–Trinajstić information content (AvgIpc) is 0.789. The van der Waals surface area contributed by atoms with Crippen molar-refractivity contribution < 1.29 is 83.6 Å². The van der Waals surface area contributed by atoms with Crippen LogP contribution in [0, 0.1) is 16.2 Å². The molecule has 6 saturated heterocycles. The zero-order valence-corrected chi connectivity index (χ0v) is 75.5. The van der Waals surface area contributed by atoms with Crippen molar-refractivity contribution >= 4 is 29.8 Å². The maximum atomic E-state index is 15.8. The maximum Gasteiger partial charge on any atom is 0.323 e. The largest absolute Gasteiger partial charge is 0.462 e. The van der Waals surface area contributed by atoms with E-state index in [-0.39, 0.29) is 44.4 Å². The molecule has 6 N–H and O–H groups in total. The van der Waals surface area contributed by atoms with Crippen molar-refractivity contribution in [2.75, 3.05) is 6.61 Å². The Morgan fingerprint density at radius 2 is 0.531 bits per heavy atom. The van der Waals surface area contributed by atoms with E-state index in [0.29, 0.717) is 154 Å². The minimum absolute atomic E-state index is 0.0640. The highest BCUT2D eigenvalue weighted by Gasteiger charge is 2.58. The topological polar surface area (TPSA) is 282 Å². The SMILES string of the molecule is CCCCC(CCCc1ccc(CCCC(CCCC)(C(=O)OC2CC(C)(C)N(O)C(C)(C)C2)C(=O)OC2CC(C)(C)N(O)C(C)(C)C2)c(CCCC(CCCC)(C(=O)OC2CC(C)(C)N(O)C(C)(C)C2)C(=O)OC2CC(C)(C)N(O)C(C)(C)C2)c1)(COC1CC(C)(C)N(O)C(C)(C)C1)C(=O)OC1CC(C)(C)N(O)C(C)(C)C1. The van der Waals surface area contributed by atoms with E-state index in [9.17, 15) is 31.2 Å². The van der Waals surface area contributed by atoms with Crippen LogP contribution < -0.4 is 0 Å². The standard InChI is InChI=1S/C90H158N6O17/c1-28-31-42-88(61-108-65-49-76(4,5)91(102)77(6,7)50-65,71(97)109-66-51-78(8,9)92(103)79(10,11)52-66)43-34-37-62-40-41-63(38-35-46-89(44-32-29-2,72(98)110-67-53-80(12,13)93(104)81(14,15)54-67)73(99)111-68-55-82(16,17)94(105)83(18,19)56-68)64(48-62)39-36-47-90(45-33-30-3,74(100)112-69-57-84(20,21)95(106)85(22,23)58-69)75(101)113-70-59-86(24,25)96(107)87(26,27)60-70/h40-41,48,65-70,102-107H,28-39,42-47,49-61H2,1-27H3. The molecule has 650 valence electrons. The lowest BCUT2D eigenvalue weighted by atomic mass is 9.75. The molecule has 113 heavy (non-hydrogen) atoms. The summed E-state index contributed by atoms with van der Waals surface area (Å²) >= 11 is 0. The molecule has 6 aliphatic rings. The molecule has 7 rings (SSSR count). The predicted octanol–water partition coefficient (Wildman–Crippen LogP) is 18.4. The van der Waals surface area contributed by atoms with Crippen LogP contribution in [0.3, 0.4) is 0 Å². The number of hydroxylamine groups is 12. The summed E-state index contributed by atoms with van der Waals surface area (Å²) in [7, 11) is 0. The van der Waals surface area contributed by atoms with Gasteiger partial charge in [0.05, 0.1) is 18.1 Å². The molecule has 1 aromatic rings. The van der Waals surface area contributed by atoms with Gasteiger partial charge in [-0.15, -0.1) is 0 Å². The first-order valence-corrected chi connectivity index (χ1v) is 43.4. The van der Waals surface area contributed by atoms with Gasteiger partial charge in [-0.25, -0.2) is 0 Å². The van der Waals surface area contributed by atoms with Crippen LogP contribution in [0.4, 0.5) is 0 Å². The van der Waals surface area contributed by atoms with Crippen molar-refractivity contribution in [2.45, 2.75) is 483 Å². The molecule has 0 amide bonds. The molecule has 1 aromatic carbocycles. The second-order valence-corrected chi connectivity index (χ2v) is 43.6. The molecule has 6 heterocycles. The Balaban J connectivity index is 1.33. The zero-order valence-electron chi connectivity index (χ0n) is 75.5. The van der Waals surface area contributed by atoms with Gasteiger partial charge in [0.25, 0.3) is 0 Å². The number of benzene rings is 1. The molecule has 0 spiro atoms. The Morgan fingerprint density at radius 1 is 0.310 bits per heavy atom. The summed E-state index contributed by atoms with van der Waals surface area (Å²) in [5, 5.41) is 76.6. The monoisotopic (exact) mass is 1600 g/mol. The van der Waals surface area contributed by atoms with E-state index < -0.39 is 137 Å². The highest BCUT2D eigenvalue weighted by atomic mass is 16.6. The van der Waals surface area contributed by atoms with Crippen LogP contribution in [0.5, 0.6) is 0 Å². The first-order chi connectivity index (χ1) is 51.7. The minimum Gasteiger partial charge on any atom is -0.462 e. The summed E-state index contributed by atoms with van der Waals surface area (Å²) in [6.45, 7) is 52.7. The van der Waals surface area contributed by atoms with Crippen molar-refractivity contribution in [1.82, 2.24) is 30.4 Å². The van der Waals surface area contributed by atoms with Gasteiger partial charge in [0, 0.05) is 131 Å². The highest BCUT2D eigenvalue weighted by molar-refractivity contribution is 6.01. The molecular formula is C90H158N6O17. The maximum absolute atomic E-state index is 15.8. The number of piperidine rings is 6. The molecule has 23 heteroatoms. The summed E-state index contributed by atoms with van der Waals surface area (Å²) < 4.78 is 40.5. The number of aryl methyl sites for hydroxylation is 3. The fourth-order valence-electron chi connectivity index (χ4n) is 21.6. The minimum atomic E-state index is -1.77. The van der Waals surface area contributed by atoms with Gasteiger partial charge in [-0.2, -0.15) is 30.4 Å². The first-order valence-electron chi connectivity index (χ1n) is 43.4. The van der Waals surface area contributed by atoms with E-state index >= 15 is 24.0 Å². The van der Waals surface area contributed by atoms with Gasteiger partial charge >= 0.3 is 29.8 Å². The predicted molar refractivity (Wildman–Crippen MR) is 436 cm³/mol. The van der Waals surface area contributed by atoms with Crippen molar-refractivity contribution in [3.05, 3.63) is 34.9 Å². The van der Waals surface area contributed by atoms with E-state index in [1.54, 1.807) is 0 Å². The first kappa shape index (κ1) is 96.2. The van der Waals surface area contributed by atoms with Crippen LogP contribution in [-0.4, -0.2) is 201 Å². The number of esters is 5. The van der Waals surface area contributed by atoms with Gasteiger partial charge in [-0.3, -0.25) is 24.0 Å². The second-order valence-electron chi connectivity index (χ2n) is 43.6. The summed E-state index contributed by atoms with van der Waals surface area (Å²) in [5.74, 6) is -2.97. The molecule has 0 aliphatic carbocycles. The van der Waals surface area contributed by atoms with Gasteiger partial charge in [0.15, 0.2) is 10.8 Å².